The fourth-order valence-corrected chi connectivity index (χ4v) is 1.62. The zero-order valence-electron chi connectivity index (χ0n) is 10.4. The van der Waals surface area contributed by atoms with Crippen LogP contribution >= 0.6 is 0 Å². The molecule has 18 heavy (non-hydrogen) atoms. The van der Waals surface area contributed by atoms with Crippen LogP contribution in [0.25, 0.3) is 0 Å². The molecule has 0 aliphatic heterocycles. The molecule has 2 aromatic rings. The number of nitrogens with two attached hydrogens (primary N) is 1. The van der Waals surface area contributed by atoms with E-state index in [4.69, 9.17) is 10.5 Å². The molecule has 0 fully saturated rings. The van der Waals surface area contributed by atoms with E-state index in [0.29, 0.717) is 18.2 Å². The van der Waals surface area contributed by atoms with Crippen LogP contribution < -0.4 is 10.5 Å². The summed E-state index contributed by atoms with van der Waals surface area (Å²) in [5, 5.41) is 4.19. The molecule has 0 radical (unpaired) electrons. The molecule has 5 heteroatoms. The number of rotatable bonds is 4. The number of nitrogens with zero attached hydrogens (tertiary/aromatic N) is 2. The summed E-state index contributed by atoms with van der Waals surface area (Å²) in [6.07, 6.45) is 1.69. The van der Waals surface area contributed by atoms with Crippen LogP contribution in [0, 0.1) is 5.82 Å². The van der Waals surface area contributed by atoms with Crippen LogP contribution in [0.4, 0.5) is 10.2 Å². The largest absolute Gasteiger partial charge is 0.489 e. The summed E-state index contributed by atoms with van der Waals surface area (Å²) >= 11 is 0. The molecule has 0 amide bonds. The Bertz CT molecular complexity index is 520. The molecular formula is C13H16FN3O. The van der Waals surface area contributed by atoms with Crippen LogP contribution in [0.1, 0.15) is 25.5 Å². The van der Waals surface area contributed by atoms with Gasteiger partial charge in [0.1, 0.15) is 24.0 Å². The van der Waals surface area contributed by atoms with E-state index in [1.807, 2.05) is 13.8 Å². The van der Waals surface area contributed by atoms with Crippen molar-refractivity contribution in [3.63, 3.8) is 0 Å². The van der Waals surface area contributed by atoms with Gasteiger partial charge in [-0.15, -0.1) is 0 Å². The highest BCUT2D eigenvalue weighted by Crippen LogP contribution is 2.19. The Kier molecular flexibility index (Phi) is 3.50. The van der Waals surface area contributed by atoms with Gasteiger partial charge in [-0.1, -0.05) is 0 Å². The predicted molar refractivity (Wildman–Crippen MR) is 67.8 cm³/mol. The Morgan fingerprint density at radius 1 is 1.33 bits per heavy atom. The number of hydrogen-bond acceptors (Lipinski definition) is 3. The summed E-state index contributed by atoms with van der Waals surface area (Å²) in [6.45, 7) is 4.34. The lowest BCUT2D eigenvalue weighted by Gasteiger charge is -2.09. The highest BCUT2D eigenvalue weighted by atomic mass is 19.1. The van der Waals surface area contributed by atoms with Crippen molar-refractivity contribution in [3.05, 3.63) is 41.8 Å². The van der Waals surface area contributed by atoms with Gasteiger partial charge in [0.2, 0.25) is 0 Å². The SMILES string of the molecule is CC(C)n1ncc(COc2ccc(F)cc2)c1N. The van der Waals surface area contributed by atoms with E-state index in [2.05, 4.69) is 5.10 Å². The third kappa shape index (κ3) is 2.61. The Morgan fingerprint density at radius 2 is 2.00 bits per heavy atom. The molecule has 2 rings (SSSR count). The minimum atomic E-state index is -0.283. The number of aromatic nitrogens is 2. The molecule has 0 aliphatic carbocycles. The van der Waals surface area contributed by atoms with Crippen LogP contribution in [-0.2, 0) is 6.61 Å². The standard InChI is InChI=1S/C13H16FN3O/c1-9(2)17-13(15)10(7-16-17)8-18-12-5-3-11(14)4-6-12/h3-7,9H,8,15H2,1-2H3. The quantitative estimate of drug-likeness (QED) is 0.906. The monoisotopic (exact) mass is 249 g/mol. The maximum atomic E-state index is 12.7. The summed E-state index contributed by atoms with van der Waals surface area (Å²) in [5.41, 5.74) is 6.78. The fraction of sp³-hybridized carbons (Fsp3) is 0.308. The molecule has 0 spiro atoms. The lowest BCUT2D eigenvalue weighted by atomic mass is 10.3. The number of anilines is 1. The Balaban J connectivity index is 2.04. The summed E-state index contributed by atoms with van der Waals surface area (Å²) in [7, 11) is 0. The molecule has 0 saturated heterocycles. The Hall–Kier alpha value is -2.04. The van der Waals surface area contributed by atoms with Crippen LogP contribution in [0.3, 0.4) is 0 Å². The van der Waals surface area contributed by atoms with E-state index in [1.165, 1.54) is 12.1 Å². The Morgan fingerprint density at radius 3 is 2.56 bits per heavy atom. The van der Waals surface area contributed by atoms with E-state index in [0.717, 1.165) is 5.56 Å². The van der Waals surface area contributed by atoms with Crippen molar-refractivity contribution >= 4 is 5.82 Å². The van der Waals surface area contributed by atoms with E-state index < -0.39 is 0 Å². The summed E-state index contributed by atoms with van der Waals surface area (Å²) in [4.78, 5) is 0. The molecule has 0 bridgehead atoms. The van der Waals surface area contributed by atoms with Gasteiger partial charge in [-0.2, -0.15) is 5.10 Å². The second kappa shape index (κ2) is 5.08. The molecular weight excluding hydrogens is 233 g/mol. The molecule has 0 aliphatic rings. The minimum Gasteiger partial charge on any atom is -0.489 e. The molecule has 1 heterocycles. The van der Waals surface area contributed by atoms with Crippen molar-refractivity contribution in [1.82, 2.24) is 9.78 Å². The van der Waals surface area contributed by atoms with Gasteiger partial charge in [-0.3, -0.25) is 0 Å². The molecule has 4 nitrogen and oxygen atoms in total. The zero-order chi connectivity index (χ0) is 13.1. The second-order valence-corrected chi connectivity index (χ2v) is 4.34. The number of halogens is 1. The summed E-state index contributed by atoms with van der Waals surface area (Å²) in [6, 6.07) is 6.09. The van der Waals surface area contributed by atoms with E-state index in [9.17, 15) is 4.39 Å². The molecule has 1 aromatic heterocycles. The Labute approximate surface area is 105 Å². The average molecular weight is 249 g/mol. The minimum absolute atomic E-state index is 0.213. The van der Waals surface area contributed by atoms with Crippen LogP contribution in [0.5, 0.6) is 5.75 Å². The second-order valence-electron chi connectivity index (χ2n) is 4.34. The van der Waals surface area contributed by atoms with Crippen molar-refractivity contribution in [2.24, 2.45) is 0 Å². The first-order valence-electron chi connectivity index (χ1n) is 5.78. The van der Waals surface area contributed by atoms with Gasteiger partial charge in [0.05, 0.1) is 11.8 Å². The van der Waals surface area contributed by atoms with Gasteiger partial charge < -0.3 is 10.5 Å². The van der Waals surface area contributed by atoms with Gasteiger partial charge in [-0.05, 0) is 38.1 Å². The molecule has 1 aromatic carbocycles. The van der Waals surface area contributed by atoms with Crippen molar-refractivity contribution in [2.75, 3.05) is 5.73 Å². The summed E-state index contributed by atoms with van der Waals surface area (Å²) < 4.78 is 20.0. The molecule has 0 saturated carbocycles. The highest BCUT2D eigenvalue weighted by molar-refractivity contribution is 5.39. The van der Waals surface area contributed by atoms with Crippen molar-refractivity contribution in [3.8, 4) is 5.75 Å². The zero-order valence-corrected chi connectivity index (χ0v) is 10.4. The first-order chi connectivity index (χ1) is 8.58. The van der Waals surface area contributed by atoms with Crippen molar-refractivity contribution in [2.45, 2.75) is 26.5 Å². The van der Waals surface area contributed by atoms with E-state index in [1.54, 1.807) is 23.0 Å². The maximum Gasteiger partial charge on any atom is 0.128 e. The van der Waals surface area contributed by atoms with Crippen LogP contribution in [0.15, 0.2) is 30.5 Å². The number of nitrogen functional groups attached to an aromatic ring is 1. The number of hydrogen-bond donors (Lipinski definition) is 1. The lowest BCUT2D eigenvalue weighted by Crippen LogP contribution is -2.08. The highest BCUT2D eigenvalue weighted by Gasteiger charge is 2.10. The molecule has 0 atom stereocenters. The summed E-state index contributed by atoms with van der Waals surface area (Å²) in [5.74, 6) is 0.926. The third-order valence-electron chi connectivity index (χ3n) is 2.61. The van der Waals surface area contributed by atoms with E-state index in [-0.39, 0.29) is 11.9 Å². The van der Waals surface area contributed by atoms with Crippen molar-refractivity contribution in [1.29, 1.82) is 0 Å². The maximum absolute atomic E-state index is 12.7. The van der Waals surface area contributed by atoms with Gasteiger partial charge in [0.25, 0.3) is 0 Å². The van der Waals surface area contributed by atoms with Crippen LogP contribution in [-0.4, -0.2) is 9.78 Å². The van der Waals surface area contributed by atoms with Crippen LogP contribution in [0.2, 0.25) is 0 Å². The topological polar surface area (TPSA) is 53.1 Å². The van der Waals surface area contributed by atoms with Crippen molar-refractivity contribution < 1.29 is 9.13 Å². The van der Waals surface area contributed by atoms with Gasteiger partial charge in [0, 0.05) is 6.04 Å². The molecule has 0 unspecified atom stereocenters. The fourth-order valence-electron chi connectivity index (χ4n) is 1.62. The average Bonchev–Trinajstić information content (AvgIpc) is 2.70. The number of benzene rings is 1. The molecule has 96 valence electrons. The third-order valence-corrected chi connectivity index (χ3v) is 2.61. The normalized spacial score (nSPS) is 10.9. The first-order valence-corrected chi connectivity index (χ1v) is 5.78. The number of ether oxygens (including phenoxy) is 1. The van der Waals surface area contributed by atoms with Gasteiger partial charge in [0.15, 0.2) is 0 Å². The van der Waals surface area contributed by atoms with E-state index >= 15 is 0 Å². The first kappa shape index (κ1) is 12.4. The van der Waals surface area contributed by atoms with Gasteiger partial charge in [-0.25, -0.2) is 9.07 Å². The van der Waals surface area contributed by atoms with Gasteiger partial charge >= 0.3 is 0 Å². The predicted octanol–water partition coefficient (Wildman–Crippen LogP) is 2.76. The smallest absolute Gasteiger partial charge is 0.128 e. The molecule has 2 N–H and O–H groups in total. The lowest BCUT2D eigenvalue weighted by molar-refractivity contribution is 0.306.